The summed E-state index contributed by atoms with van der Waals surface area (Å²) in [5, 5.41) is 6.69. The Balaban J connectivity index is 1.64. The van der Waals surface area contributed by atoms with Crippen molar-refractivity contribution >= 4 is 18.0 Å². The lowest BCUT2D eigenvalue weighted by Crippen LogP contribution is -2.55. The molecule has 0 spiro atoms. The molecule has 176 valence electrons. The zero-order chi connectivity index (χ0) is 23.3. The van der Waals surface area contributed by atoms with Crippen LogP contribution in [0.1, 0.15) is 52.0 Å². The van der Waals surface area contributed by atoms with Gasteiger partial charge in [0, 0.05) is 32.2 Å². The molecule has 2 saturated heterocycles. The van der Waals surface area contributed by atoms with Crippen molar-refractivity contribution in [2.45, 2.75) is 76.7 Å². The minimum atomic E-state index is -0.494. The molecule has 2 unspecified atom stereocenters. The molecule has 2 heterocycles. The number of benzene rings is 1. The number of piperidine rings is 1. The number of likely N-dealkylation sites (N-methyl/N-ethyl adjacent to an activating group) is 1. The summed E-state index contributed by atoms with van der Waals surface area (Å²) in [4.78, 5) is 33.0. The third kappa shape index (κ3) is 6.61. The van der Waals surface area contributed by atoms with Gasteiger partial charge in [-0.15, -0.1) is 0 Å². The number of nitrogens with zero attached hydrogens (tertiary/aromatic N) is 3. The molecule has 1 aromatic carbocycles. The summed E-state index contributed by atoms with van der Waals surface area (Å²) in [5.74, 6) is 0.609. The molecule has 2 amide bonds. The van der Waals surface area contributed by atoms with Crippen LogP contribution in [0.4, 0.5) is 4.79 Å². The summed E-state index contributed by atoms with van der Waals surface area (Å²) in [7, 11) is 3.48. The van der Waals surface area contributed by atoms with E-state index in [1.807, 2.05) is 56.0 Å². The molecule has 0 saturated carbocycles. The van der Waals surface area contributed by atoms with Gasteiger partial charge >= 0.3 is 6.09 Å². The molecular formula is C24H37N5O3. The van der Waals surface area contributed by atoms with Gasteiger partial charge in [-0.05, 0) is 52.0 Å². The maximum Gasteiger partial charge on any atom is 0.410 e. The standard InChI is InChI=1S/C24H37N5O3/c1-24(2,3)32-23(31)29-19-11-12-20(29)14-18(13-19)27-22(26-16-21(30)28(4)5)25-15-17-9-7-6-8-10-17/h6-10,18-20H,11-16H2,1-5H3,(H2,25,26,27). The van der Waals surface area contributed by atoms with E-state index < -0.39 is 5.60 Å². The zero-order valence-corrected chi connectivity index (χ0v) is 19.9. The van der Waals surface area contributed by atoms with E-state index in [4.69, 9.17) is 9.73 Å². The predicted octanol–water partition coefficient (Wildman–Crippen LogP) is 2.74. The van der Waals surface area contributed by atoms with Crippen molar-refractivity contribution in [1.29, 1.82) is 0 Å². The van der Waals surface area contributed by atoms with Crippen LogP contribution in [0.25, 0.3) is 0 Å². The summed E-state index contributed by atoms with van der Waals surface area (Å²) >= 11 is 0. The van der Waals surface area contributed by atoms with E-state index in [0.717, 1.165) is 31.2 Å². The molecular weight excluding hydrogens is 406 g/mol. The smallest absolute Gasteiger partial charge is 0.410 e. The fraction of sp³-hybridized carbons (Fsp3) is 0.625. The average molecular weight is 444 g/mol. The number of guanidine groups is 1. The lowest BCUT2D eigenvalue weighted by atomic mass is 9.98. The van der Waals surface area contributed by atoms with Crippen LogP contribution in [0.15, 0.2) is 35.3 Å². The van der Waals surface area contributed by atoms with E-state index in [0.29, 0.717) is 12.5 Å². The largest absolute Gasteiger partial charge is 0.444 e. The van der Waals surface area contributed by atoms with Crippen LogP contribution in [0.2, 0.25) is 0 Å². The van der Waals surface area contributed by atoms with Gasteiger partial charge < -0.3 is 25.2 Å². The van der Waals surface area contributed by atoms with Crippen LogP contribution in [0, 0.1) is 0 Å². The van der Waals surface area contributed by atoms with Gasteiger partial charge in [-0.2, -0.15) is 0 Å². The van der Waals surface area contributed by atoms with Crippen LogP contribution in [-0.4, -0.2) is 72.1 Å². The zero-order valence-electron chi connectivity index (χ0n) is 19.9. The van der Waals surface area contributed by atoms with Gasteiger partial charge in [0.2, 0.25) is 5.91 Å². The van der Waals surface area contributed by atoms with E-state index in [9.17, 15) is 9.59 Å². The highest BCUT2D eigenvalue weighted by Crippen LogP contribution is 2.36. The quantitative estimate of drug-likeness (QED) is 0.540. The van der Waals surface area contributed by atoms with Crippen molar-refractivity contribution in [2.24, 2.45) is 4.99 Å². The number of fused-ring (bicyclic) bond motifs is 2. The topological polar surface area (TPSA) is 86.3 Å². The van der Waals surface area contributed by atoms with Crippen molar-refractivity contribution in [1.82, 2.24) is 20.4 Å². The van der Waals surface area contributed by atoms with Gasteiger partial charge in [-0.3, -0.25) is 4.79 Å². The van der Waals surface area contributed by atoms with Crippen molar-refractivity contribution in [3.05, 3.63) is 35.9 Å². The maximum absolute atomic E-state index is 12.7. The number of nitrogens with one attached hydrogen (secondary N) is 2. The number of aliphatic imine (C=N–C) groups is 1. The first-order valence-electron chi connectivity index (χ1n) is 11.4. The molecule has 0 aliphatic carbocycles. The monoisotopic (exact) mass is 443 g/mol. The number of ether oxygens (including phenoxy) is 1. The SMILES string of the molecule is CN(C)C(=O)CNC(=NCc1ccccc1)NC1CC2CCC(C1)N2C(=O)OC(C)(C)C. The molecule has 2 aliphatic rings. The summed E-state index contributed by atoms with van der Waals surface area (Å²) in [6.45, 7) is 6.40. The van der Waals surface area contributed by atoms with Gasteiger partial charge in [-0.1, -0.05) is 30.3 Å². The van der Waals surface area contributed by atoms with Gasteiger partial charge in [-0.25, -0.2) is 9.79 Å². The van der Waals surface area contributed by atoms with Crippen molar-refractivity contribution in [3.63, 3.8) is 0 Å². The number of rotatable bonds is 5. The highest BCUT2D eigenvalue weighted by atomic mass is 16.6. The fourth-order valence-electron chi connectivity index (χ4n) is 4.32. The van der Waals surface area contributed by atoms with Gasteiger partial charge in [0.25, 0.3) is 0 Å². The summed E-state index contributed by atoms with van der Waals surface area (Å²) in [6.07, 6.45) is 3.44. The molecule has 0 aromatic heterocycles. The van der Waals surface area contributed by atoms with Crippen molar-refractivity contribution < 1.29 is 14.3 Å². The van der Waals surface area contributed by atoms with Gasteiger partial charge in [0.15, 0.2) is 5.96 Å². The Hall–Kier alpha value is -2.77. The lowest BCUT2D eigenvalue weighted by molar-refractivity contribution is -0.127. The van der Waals surface area contributed by atoms with E-state index in [2.05, 4.69) is 10.6 Å². The molecule has 2 aliphatic heterocycles. The highest BCUT2D eigenvalue weighted by Gasteiger charge is 2.45. The second-order valence-corrected chi connectivity index (χ2v) is 9.88. The number of hydrogen-bond donors (Lipinski definition) is 2. The van der Waals surface area contributed by atoms with Crippen LogP contribution >= 0.6 is 0 Å². The Morgan fingerprint density at radius 3 is 2.31 bits per heavy atom. The number of carbonyl (C=O) groups is 2. The molecule has 0 radical (unpaired) electrons. The third-order valence-electron chi connectivity index (χ3n) is 5.85. The Morgan fingerprint density at radius 1 is 1.12 bits per heavy atom. The number of amides is 2. The summed E-state index contributed by atoms with van der Waals surface area (Å²) in [6, 6.07) is 10.5. The molecule has 2 bridgehead atoms. The van der Waals surface area contributed by atoms with Crippen LogP contribution < -0.4 is 10.6 Å². The Bertz CT molecular complexity index is 805. The molecule has 8 nitrogen and oxygen atoms in total. The molecule has 8 heteroatoms. The Kier molecular flexibility index (Phi) is 7.64. The second-order valence-electron chi connectivity index (χ2n) is 9.88. The first-order valence-corrected chi connectivity index (χ1v) is 11.4. The molecule has 2 atom stereocenters. The van der Waals surface area contributed by atoms with Crippen LogP contribution in [0.3, 0.4) is 0 Å². The predicted molar refractivity (Wildman–Crippen MR) is 125 cm³/mol. The Morgan fingerprint density at radius 2 is 1.75 bits per heavy atom. The van der Waals surface area contributed by atoms with Crippen LogP contribution in [-0.2, 0) is 16.1 Å². The lowest BCUT2D eigenvalue weighted by Gasteiger charge is -2.40. The van der Waals surface area contributed by atoms with E-state index in [1.54, 1.807) is 19.0 Å². The first-order chi connectivity index (χ1) is 15.1. The van der Waals surface area contributed by atoms with Gasteiger partial charge in [0.05, 0.1) is 13.1 Å². The van der Waals surface area contributed by atoms with E-state index in [-0.39, 0.29) is 36.7 Å². The summed E-state index contributed by atoms with van der Waals surface area (Å²) < 4.78 is 5.64. The average Bonchev–Trinajstić information content (AvgIpc) is 3.00. The third-order valence-corrected chi connectivity index (χ3v) is 5.85. The first kappa shape index (κ1) is 23.9. The minimum absolute atomic E-state index is 0.0148. The molecule has 32 heavy (non-hydrogen) atoms. The molecule has 3 rings (SSSR count). The Labute approximate surface area is 191 Å². The van der Waals surface area contributed by atoms with E-state index in [1.165, 1.54) is 0 Å². The minimum Gasteiger partial charge on any atom is -0.444 e. The number of carbonyl (C=O) groups excluding carboxylic acids is 2. The fourth-order valence-corrected chi connectivity index (χ4v) is 4.32. The second kappa shape index (κ2) is 10.2. The number of hydrogen-bond acceptors (Lipinski definition) is 4. The molecule has 2 N–H and O–H groups in total. The van der Waals surface area contributed by atoms with Crippen molar-refractivity contribution in [3.8, 4) is 0 Å². The normalized spacial score (nSPS) is 23.0. The highest BCUT2D eigenvalue weighted by molar-refractivity contribution is 5.86. The van der Waals surface area contributed by atoms with Crippen molar-refractivity contribution in [2.75, 3.05) is 20.6 Å². The molecule has 2 fully saturated rings. The van der Waals surface area contributed by atoms with Crippen LogP contribution in [0.5, 0.6) is 0 Å². The van der Waals surface area contributed by atoms with Gasteiger partial charge in [0.1, 0.15) is 5.60 Å². The molecule has 1 aromatic rings. The van der Waals surface area contributed by atoms with E-state index >= 15 is 0 Å². The summed E-state index contributed by atoms with van der Waals surface area (Å²) in [5.41, 5.74) is 0.610. The maximum atomic E-state index is 12.7.